The van der Waals surface area contributed by atoms with Crippen molar-refractivity contribution >= 4 is 23.3 Å². The molecule has 0 saturated carbocycles. The van der Waals surface area contributed by atoms with Crippen molar-refractivity contribution in [2.24, 2.45) is 0 Å². The van der Waals surface area contributed by atoms with E-state index in [0.29, 0.717) is 24.3 Å². The average Bonchev–Trinajstić information content (AvgIpc) is 3.10. The Morgan fingerprint density at radius 1 is 1.03 bits per heavy atom. The Kier molecular flexibility index (Phi) is 5.98. The van der Waals surface area contributed by atoms with Crippen molar-refractivity contribution in [2.75, 3.05) is 25.0 Å². The quantitative estimate of drug-likeness (QED) is 0.726. The number of benzene rings is 2. The molecule has 1 amide bonds. The molecule has 3 rings (SSSR count). The van der Waals surface area contributed by atoms with Gasteiger partial charge in [-0.3, -0.25) is 19.4 Å². The monoisotopic (exact) mass is 395 g/mol. The molecule has 0 radical (unpaired) electrons. The van der Waals surface area contributed by atoms with Crippen LogP contribution in [0.15, 0.2) is 42.5 Å². The molecule has 1 heterocycles. The number of likely N-dealkylation sites (N-methyl/N-ethyl adjacent to an activating group) is 1. The van der Waals surface area contributed by atoms with E-state index in [1.807, 2.05) is 36.2 Å². The number of aryl methyl sites for hydroxylation is 1. The van der Waals surface area contributed by atoms with Crippen molar-refractivity contribution in [1.29, 1.82) is 0 Å². The molecule has 152 valence electrons. The highest BCUT2D eigenvalue weighted by Gasteiger charge is 2.27. The van der Waals surface area contributed by atoms with Crippen molar-refractivity contribution in [3.8, 4) is 0 Å². The second-order valence-corrected chi connectivity index (χ2v) is 7.32. The fourth-order valence-corrected chi connectivity index (χ4v) is 3.51. The van der Waals surface area contributed by atoms with E-state index in [-0.39, 0.29) is 24.8 Å². The Morgan fingerprint density at radius 3 is 2.21 bits per heavy atom. The predicted molar refractivity (Wildman–Crippen MR) is 109 cm³/mol. The molecule has 0 aromatic heterocycles. The maximum atomic E-state index is 13.0. The molecular weight excluding hydrogens is 370 g/mol. The van der Waals surface area contributed by atoms with E-state index in [9.17, 15) is 19.5 Å². The first-order valence-corrected chi connectivity index (χ1v) is 9.42. The van der Waals surface area contributed by atoms with E-state index in [2.05, 4.69) is 0 Å². The van der Waals surface area contributed by atoms with Crippen LogP contribution < -0.4 is 4.90 Å². The number of hydrogen-bond donors (Lipinski definition) is 1. The van der Waals surface area contributed by atoms with Gasteiger partial charge in [0.2, 0.25) is 0 Å². The fourth-order valence-electron chi connectivity index (χ4n) is 3.51. The van der Waals surface area contributed by atoms with Gasteiger partial charge in [-0.2, -0.15) is 0 Å². The van der Waals surface area contributed by atoms with Crippen LogP contribution in [0, 0.1) is 6.92 Å². The molecule has 1 aliphatic heterocycles. The average molecular weight is 395 g/mol. The highest BCUT2D eigenvalue weighted by atomic mass is 16.4. The number of aliphatic carboxylic acids is 1. The molecule has 0 saturated heterocycles. The summed E-state index contributed by atoms with van der Waals surface area (Å²) in [4.78, 5) is 37.6. The smallest absolute Gasteiger partial charge is 0.323 e. The Balaban J connectivity index is 1.79. The molecule has 0 aliphatic carbocycles. The molecule has 7 heteroatoms. The summed E-state index contributed by atoms with van der Waals surface area (Å²) in [6.07, 6.45) is 0. The summed E-state index contributed by atoms with van der Waals surface area (Å²) < 4.78 is 0. The van der Waals surface area contributed by atoms with E-state index in [1.165, 1.54) is 23.0 Å². The van der Waals surface area contributed by atoms with Gasteiger partial charge in [-0.25, -0.2) is 5.01 Å². The van der Waals surface area contributed by atoms with Gasteiger partial charge in [0.1, 0.15) is 6.54 Å². The molecule has 1 aliphatic rings. The number of ketones is 1. The Hall–Kier alpha value is -3.19. The van der Waals surface area contributed by atoms with Crippen LogP contribution in [0.2, 0.25) is 0 Å². The summed E-state index contributed by atoms with van der Waals surface area (Å²) >= 11 is 0. The van der Waals surface area contributed by atoms with Gasteiger partial charge < -0.3 is 10.0 Å². The zero-order valence-electron chi connectivity index (χ0n) is 16.9. The maximum absolute atomic E-state index is 13.0. The van der Waals surface area contributed by atoms with Crippen LogP contribution in [0.1, 0.15) is 34.0 Å². The summed E-state index contributed by atoms with van der Waals surface area (Å²) in [6.45, 7) is 4.13. The Bertz CT molecular complexity index is 932. The third-order valence-electron chi connectivity index (χ3n) is 5.22. The molecule has 1 N–H and O–H groups in total. The van der Waals surface area contributed by atoms with Crippen molar-refractivity contribution in [3.05, 3.63) is 64.7 Å². The van der Waals surface area contributed by atoms with Crippen molar-refractivity contribution in [1.82, 2.24) is 10.0 Å². The minimum Gasteiger partial charge on any atom is -0.480 e. The first kappa shape index (κ1) is 20.5. The fraction of sp³-hybridized carbons (Fsp3) is 0.318. The van der Waals surface area contributed by atoms with Crippen LogP contribution >= 0.6 is 0 Å². The summed E-state index contributed by atoms with van der Waals surface area (Å²) in [5, 5.41) is 12.8. The van der Waals surface area contributed by atoms with Crippen molar-refractivity contribution < 1.29 is 19.5 Å². The summed E-state index contributed by atoms with van der Waals surface area (Å²) in [5.74, 6) is -1.37. The standard InChI is InChI=1S/C22H25N3O4/c1-15-8-9-17(16(2)26)10-20(15)24(14-22(28)29)13-21(27)23(3)25-11-18-6-4-5-7-19(18)12-25/h4-10H,11-14H2,1-3H3,(H,28,29). The number of hydrazine groups is 1. The largest absolute Gasteiger partial charge is 0.480 e. The topological polar surface area (TPSA) is 81.2 Å². The van der Waals surface area contributed by atoms with Gasteiger partial charge in [-0.1, -0.05) is 36.4 Å². The van der Waals surface area contributed by atoms with E-state index in [4.69, 9.17) is 0 Å². The molecule has 29 heavy (non-hydrogen) atoms. The van der Waals surface area contributed by atoms with E-state index in [0.717, 1.165) is 5.56 Å². The van der Waals surface area contributed by atoms with Crippen LogP contribution in [0.4, 0.5) is 5.69 Å². The molecule has 7 nitrogen and oxygen atoms in total. The second-order valence-electron chi connectivity index (χ2n) is 7.32. The maximum Gasteiger partial charge on any atom is 0.323 e. The lowest BCUT2D eigenvalue weighted by Gasteiger charge is -2.31. The number of carbonyl (C=O) groups excluding carboxylic acids is 2. The van der Waals surface area contributed by atoms with Gasteiger partial charge in [0, 0.05) is 31.4 Å². The molecule has 2 aromatic carbocycles. The highest BCUT2D eigenvalue weighted by molar-refractivity contribution is 5.95. The lowest BCUT2D eigenvalue weighted by Crippen LogP contribution is -2.47. The van der Waals surface area contributed by atoms with Gasteiger partial charge in [0.05, 0.1) is 6.54 Å². The lowest BCUT2D eigenvalue weighted by atomic mass is 10.1. The summed E-state index contributed by atoms with van der Waals surface area (Å²) in [5.41, 5.74) is 4.22. The highest BCUT2D eigenvalue weighted by Crippen LogP contribution is 2.25. The minimum atomic E-state index is -1.04. The molecule has 0 unspecified atom stereocenters. The number of nitrogens with zero attached hydrogens (tertiary/aromatic N) is 3. The number of rotatable bonds is 7. The van der Waals surface area contributed by atoms with Gasteiger partial charge >= 0.3 is 5.97 Å². The van der Waals surface area contributed by atoms with Gasteiger partial charge in [-0.05, 0) is 36.6 Å². The molecule has 0 atom stereocenters. The molecule has 2 aromatic rings. The molecule has 0 fully saturated rings. The zero-order chi connectivity index (χ0) is 21.1. The first-order valence-electron chi connectivity index (χ1n) is 9.42. The zero-order valence-corrected chi connectivity index (χ0v) is 16.9. The van der Waals surface area contributed by atoms with Gasteiger partial charge in [0.25, 0.3) is 5.91 Å². The van der Waals surface area contributed by atoms with Crippen molar-refractivity contribution in [2.45, 2.75) is 26.9 Å². The molecule has 0 spiro atoms. The third-order valence-corrected chi connectivity index (χ3v) is 5.22. The number of Topliss-reactive ketones (excluding diaryl/α,β-unsaturated/α-hetero) is 1. The van der Waals surface area contributed by atoms with Crippen LogP contribution in [0.3, 0.4) is 0 Å². The molecule has 0 bridgehead atoms. The number of carboxylic acid groups (broad SMARTS) is 1. The van der Waals surface area contributed by atoms with Crippen LogP contribution in [0.5, 0.6) is 0 Å². The third kappa shape index (κ3) is 4.63. The normalized spacial score (nSPS) is 13.1. The van der Waals surface area contributed by atoms with Crippen LogP contribution in [0.25, 0.3) is 0 Å². The van der Waals surface area contributed by atoms with Crippen molar-refractivity contribution in [3.63, 3.8) is 0 Å². The van der Waals surface area contributed by atoms with Crippen LogP contribution in [-0.2, 0) is 22.7 Å². The predicted octanol–water partition coefficient (Wildman–Crippen LogP) is 2.48. The Morgan fingerprint density at radius 2 is 1.66 bits per heavy atom. The van der Waals surface area contributed by atoms with Gasteiger partial charge in [0.15, 0.2) is 5.78 Å². The number of hydrogen-bond acceptors (Lipinski definition) is 5. The number of carbonyl (C=O) groups is 3. The number of fused-ring (bicyclic) bond motifs is 1. The van der Waals surface area contributed by atoms with E-state index >= 15 is 0 Å². The SMILES string of the molecule is CC(=O)c1ccc(C)c(N(CC(=O)O)CC(=O)N(C)N2Cc3ccccc3C2)c1. The number of anilines is 1. The first-order chi connectivity index (χ1) is 13.8. The Labute approximate surface area is 170 Å². The second kappa shape index (κ2) is 8.45. The number of amides is 1. The summed E-state index contributed by atoms with van der Waals surface area (Å²) in [6, 6.07) is 13.2. The van der Waals surface area contributed by atoms with E-state index < -0.39 is 5.97 Å². The summed E-state index contributed by atoms with van der Waals surface area (Å²) in [7, 11) is 1.70. The minimum absolute atomic E-state index is 0.0994. The lowest BCUT2D eigenvalue weighted by molar-refractivity contribution is -0.145. The molecular formula is C22H25N3O4. The van der Waals surface area contributed by atoms with E-state index in [1.54, 1.807) is 30.3 Å². The number of carboxylic acids is 1. The van der Waals surface area contributed by atoms with Crippen LogP contribution in [-0.4, -0.2) is 52.9 Å². The van der Waals surface area contributed by atoms with Gasteiger partial charge in [-0.15, -0.1) is 0 Å².